The average molecular weight is 432 g/mol. The van der Waals surface area contributed by atoms with Gasteiger partial charge in [0.15, 0.2) is 6.61 Å². The van der Waals surface area contributed by atoms with Gasteiger partial charge in [0.1, 0.15) is 28.2 Å². The van der Waals surface area contributed by atoms with E-state index >= 15 is 0 Å². The maximum atomic E-state index is 12.0. The van der Waals surface area contributed by atoms with Gasteiger partial charge in [-0.3, -0.25) is 14.4 Å². The summed E-state index contributed by atoms with van der Waals surface area (Å²) in [5.41, 5.74) is 0.799. The van der Waals surface area contributed by atoms with E-state index in [1.807, 2.05) is 30.3 Å². The Hall–Kier alpha value is -3.09. The zero-order valence-corrected chi connectivity index (χ0v) is 16.5. The van der Waals surface area contributed by atoms with E-state index in [0.29, 0.717) is 18.1 Å². The van der Waals surface area contributed by atoms with Crippen LogP contribution < -0.4 is 14.8 Å². The molecule has 8 heteroatoms. The molecular formula is C21H15Cl2NO5. The number of nitrogens with one attached hydrogen (secondary N) is 1. The third kappa shape index (κ3) is 5.47. The molecule has 0 saturated heterocycles. The van der Waals surface area contributed by atoms with Crippen LogP contribution in [0.3, 0.4) is 0 Å². The molecule has 2 aromatic carbocycles. The van der Waals surface area contributed by atoms with Crippen LogP contribution in [0.15, 0.2) is 76.4 Å². The molecule has 0 aromatic heterocycles. The van der Waals surface area contributed by atoms with Crippen molar-refractivity contribution >= 4 is 40.7 Å². The molecule has 0 unspecified atom stereocenters. The zero-order chi connectivity index (χ0) is 20.8. The summed E-state index contributed by atoms with van der Waals surface area (Å²) in [5, 5.41) is 1.49. The van der Waals surface area contributed by atoms with Gasteiger partial charge < -0.3 is 14.8 Å². The van der Waals surface area contributed by atoms with Gasteiger partial charge in [-0.1, -0.05) is 53.5 Å². The number of allylic oxidation sites excluding steroid dienone is 3. The second-order valence-corrected chi connectivity index (χ2v) is 6.72. The van der Waals surface area contributed by atoms with E-state index in [2.05, 4.69) is 5.32 Å². The normalized spacial score (nSPS) is 13.8. The van der Waals surface area contributed by atoms with Crippen LogP contribution in [0, 0.1) is 0 Å². The highest BCUT2D eigenvalue weighted by Crippen LogP contribution is 2.24. The van der Waals surface area contributed by atoms with Crippen molar-refractivity contribution in [1.82, 2.24) is 5.32 Å². The van der Waals surface area contributed by atoms with Crippen molar-refractivity contribution in [2.45, 2.75) is 6.61 Å². The molecule has 0 atom stereocenters. The molecule has 1 aliphatic carbocycles. The molecule has 2 aromatic rings. The summed E-state index contributed by atoms with van der Waals surface area (Å²) >= 11 is 11.3. The number of amides is 1. The number of ether oxygens (including phenoxy) is 2. The summed E-state index contributed by atoms with van der Waals surface area (Å²) in [5.74, 6) is -0.916. The SMILES string of the molecule is O=C(COc1ccc(OCc2ccccc2)cc1)NC1=CC(=O)C(Cl)=C(Cl)C1=O. The summed E-state index contributed by atoms with van der Waals surface area (Å²) in [6.07, 6.45) is 0.924. The van der Waals surface area contributed by atoms with Gasteiger partial charge in [0.05, 0.1) is 5.70 Å². The largest absolute Gasteiger partial charge is 0.489 e. The van der Waals surface area contributed by atoms with E-state index in [0.717, 1.165) is 11.6 Å². The summed E-state index contributed by atoms with van der Waals surface area (Å²) in [7, 11) is 0. The first-order valence-corrected chi connectivity index (χ1v) is 9.25. The number of hydrogen-bond donors (Lipinski definition) is 1. The lowest BCUT2D eigenvalue weighted by molar-refractivity contribution is -0.124. The molecule has 3 rings (SSSR count). The highest BCUT2D eigenvalue weighted by atomic mass is 35.5. The molecule has 6 nitrogen and oxygen atoms in total. The van der Waals surface area contributed by atoms with E-state index in [9.17, 15) is 14.4 Å². The van der Waals surface area contributed by atoms with Gasteiger partial charge in [-0.05, 0) is 29.8 Å². The molecule has 0 heterocycles. The third-order valence-corrected chi connectivity index (χ3v) is 4.68. The van der Waals surface area contributed by atoms with Crippen LogP contribution >= 0.6 is 23.2 Å². The van der Waals surface area contributed by atoms with Crippen LogP contribution in [0.4, 0.5) is 0 Å². The topological polar surface area (TPSA) is 81.7 Å². The van der Waals surface area contributed by atoms with Crippen molar-refractivity contribution in [1.29, 1.82) is 0 Å². The van der Waals surface area contributed by atoms with Crippen LogP contribution in [-0.2, 0) is 21.0 Å². The Bertz CT molecular complexity index is 997. The number of rotatable bonds is 7. The Morgan fingerprint density at radius 1 is 0.862 bits per heavy atom. The smallest absolute Gasteiger partial charge is 0.262 e. The lowest BCUT2D eigenvalue weighted by atomic mass is 10.1. The molecule has 0 spiro atoms. The van der Waals surface area contributed by atoms with Gasteiger partial charge in [-0.15, -0.1) is 0 Å². The number of halogens is 2. The quantitative estimate of drug-likeness (QED) is 0.678. The predicted octanol–water partition coefficient (Wildman–Crippen LogP) is 3.49. The van der Waals surface area contributed by atoms with Crippen LogP contribution in [0.5, 0.6) is 11.5 Å². The maximum Gasteiger partial charge on any atom is 0.262 e. The fourth-order valence-corrected chi connectivity index (χ4v) is 2.72. The van der Waals surface area contributed by atoms with Gasteiger partial charge in [0.2, 0.25) is 11.6 Å². The Kier molecular flexibility index (Phi) is 6.69. The predicted molar refractivity (Wildman–Crippen MR) is 108 cm³/mol. The number of ketones is 2. The van der Waals surface area contributed by atoms with Gasteiger partial charge in [0, 0.05) is 6.08 Å². The lowest BCUT2D eigenvalue weighted by Crippen LogP contribution is -2.33. The minimum Gasteiger partial charge on any atom is -0.489 e. The maximum absolute atomic E-state index is 12.0. The number of benzene rings is 2. The molecule has 1 aliphatic rings. The number of carbonyl (C=O) groups is 3. The zero-order valence-electron chi connectivity index (χ0n) is 15.0. The fourth-order valence-electron chi connectivity index (χ4n) is 2.39. The molecule has 0 fully saturated rings. The molecule has 0 saturated carbocycles. The Labute approximate surface area is 176 Å². The van der Waals surface area contributed by atoms with Crippen molar-refractivity contribution in [2.75, 3.05) is 6.61 Å². The van der Waals surface area contributed by atoms with Crippen LogP contribution in [-0.4, -0.2) is 24.1 Å². The summed E-state index contributed by atoms with van der Waals surface area (Å²) in [6.45, 7) is 0.0738. The number of hydrogen-bond acceptors (Lipinski definition) is 5. The Balaban J connectivity index is 1.49. The van der Waals surface area contributed by atoms with Crippen LogP contribution in [0.2, 0.25) is 0 Å². The lowest BCUT2D eigenvalue weighted by Gasteiger charge is -2.13. The van der Waals surface area contributed by atoms with E-state index < -0.39 is 22.5 Å². The molecule has 29 heavy (non-hydrogen) atoms. The Morgan fingerprint density at radius 2 is 1.48 bits per heavy atom. The third-order valence-electron chi connectivity index (χ3n) is 3.84. The van der Waals surface area contributed by atoms with Crippen LogP contribution in [0.25, 0.3) is 0 Å². The van der Waals surface area contributed by atoms with E-state index in [1.54, 1.807) is 24.3 Å². The average Bonchev–Trinajstić information content (AvgIpc) is 2.74. The first-order chi connectivity index (χ1) is 13.9. The van der Waals surface area contributed by atoms with Crippen molar-refractivity contribution < 1.29 is 23.9 Å². The van der Waals surface area contributed by atoms with E-state index in [-0.39, 0.29) is 17.3 Å². The van der Waals surface area contributed by atoms with Gasteiger partial charge in [-0.25, -0.2) is 0 Å². The number of carbonyl (C=O) groups excluding carboxylic acids is 3. The standard InChI is InChI=1S/C21H15Cl2NO5/c22-19-17(25)10-16(21(27)20(19)23)24-18(26)12-29-15-8-6-14(7-9-15)28-11-13-4-2-1-3-5-13/h1-10H,11-12H2,(H,24,26). The highest BCUT2D eigenvalue weighted by Gasteiger charge is 2.27. The van der Waals surface area contributed by atoms with Gasteiger partial charge in [0.25, 0.3) is 5.91 Å². The minimum atomic E-state index is -0.732. The fraction of sp³-hybridized carbons (Fsp3) is 0.0952. The highest BCUT2D eigenvalue weighted by molar-refractivity contribution is 6.58. The first kappa shape index (κ1) is 20.6. The second-order valence-electron chi connectivity index (χ2n) is 5.96. The van der Waals surface area contributed by atoms with E-state index in [4.69, 9.17) is 32.7 Å². The Morgan fingerprint density at radius 3 is 2.14 bits per heavy atom. The molecule has 1 amide bonds. The van der Waals surface area contributed by atoms with Crippen molar-refractivity contribution in [3.05, 3.63) is 82.0 Å². The van der Waals surface area contributed by atoms with Crippen molar-refractivity contribution in [3.63, 3.8) is 0 Å². The second kappa shape index (κ2) is 9.41. The number of Topliss-reactive ketones (excluding diaryl/α,β-unsaturated/α-hetero) is 1. The molecular weight excluding hydrogens is 417 g/mol. The molecule has 148 valence electrons. The summed E-state index contributed by atoms with van der Waals surface area (Å²) < 4.78 is 11.0. The minimum absolute atomic E-state index is 0.248. The first-order valence-electron chi connectivity index (χ1n) is 8.49. The monoisotopic (exact) mass is 431 g/mol. The summed E-state index contributed by atoms with van der Waals surface area (Å²) in [6, 6.07) is 16.5. The molecule has 1 N–H and O–H groups in total. The molecule has 0 aliphatic heterocycles. The molecule has 0 bridgehead atoms. The van der Waals surface area contributed by atoms with E-state index in [1.165, 1.54) is 0 Å². The van der Waals surface area contributed by atoms with Gasteiger partial charge in [-0.2, -0.15) is 0 Å². The van der Waals surface area contributed by atoms with Crippen molar-refractivity contribution in [3.8, 4) is 11.5 Å². The van der Waals surface area contributed by atoms with Crippen LogP contribution in [0.1, 0.15) is 5.56 Å². The van der Waals surface area contributed by atoms with Crippen molar-refractivity contribution in [2.24, 2.45) is 0 Å². The summed E-state index contributed by atoms with van der Waals surface area (Å²) in [4.78, 5) is 35.5. The van der Waals surface area contributed by atoms with Gasteiger partial charge >= 0.3 is 0 Å². The molecule has 0 radical (unpaired) electrons.